The van der Waals surface area contributed by atoms with Crippen LogP contribution in [-0.2, 0) is 4.74 Å². The second-order valence-corrected chi connectivity index (χ2v) is 12.5. The number of aliphatic hydroxyl groups is 3. The van der Waals surface area contributed by atoms with Crippen molar-refractivity contribution in [3.8, 4) is 11.5 Å². The molecule has 3 heterocycles. The van der Waals surface area contributed by atoms with Crippen molar-refractivity contribution in [2.24, 2.45) is 0 Å². The van der Waals surface area contributed by atoms with Crippen LogP contribution in [0.1, 0.15) is 18.7 Å². The summed E-state index contributed by atoms with van der Waals surface area (Å²) in [5, 5.41) is 31.0. The lowest BCUT2D eigenvalue weighted by Crippen LogP contribution is -2.44. The molecule has 1 saturated heterocycles. The van der Waals surface area contributed by atoms with Gasteiger partial charge in [-0.3, -0.25) is 0 Å². The number of hydrogen-bond donors (Lipinski definition) is 4. The van der Waals surface area contributed by atoms with E-state index in [0.717, 1.165) is 0 Å². The fraction of sp³-hybridized carbons (Fsp3) is 0.529. The molecule has 26 heavy (non-hydrogen) atoms. The Kier molecular flexibility index (Phi) is 4.58. The van der Waals surface area contributed by atoms with E-state index in [0.29, 0.717) is 16.6 Å². The van der Waals surface area contributed by atoms with E-state index in [1.165, 1.54) is 13.3 Å². The van der Waals surface area contributed by atoms with Gasteiger partial charge in [-0.25, -0.2) is 9.97 Å². The van der Waals surface area contributed by atoms with Crippen LogP contribution in [0, 0.1) is 11.5 Å². The Bertz CT molecular complexity index is 894. The van der Waals surface area contributed by atoms with Crippen LogP contribution in [0.4, 0.5) is 5.82 Å². The van der Waals surface area contributed by atoms with Crippen molar-refractivity contribution < 1.29 is 20.1 Å². The molecule has 0 radical (unpaired) electrons. The second kappa shape index (κ2) is 6.33. The Morgan fingerprint density at radius 1 is 1.38 bits per heavy atom. The number of anilines is 1. The van der Waals surface area contributed by atoms with E-state index >= 15 is 0 Å². The first-order valence-corrected chi connectivity index (χ1v) is 11.9. The monoisotopic (exact) mass is 376 g/mol. The number of hydrogen-bond acceptors (Lipinski definition) is 7. The number of aromatic nitrogens is 3. The van der Waals surface area contributed by atoms with Crippen LogP contribution >= 0.6 is 0 Å². The van der Waals surface area contributed by atoms with Crippen LogP contribution in [0.3, 0.4) is 0 Å². The summed E-state index contributed by atoms with van der Waals surface area (Å²) in [5.74, 6) is 3.44. The molecule has 0 aromatic carbocycles. The number of aliphatic hydroxyl groups excluding tert-OH is 2. The van der Waals surface area contributed by atoms with Crippen molar-refractivity contribution in [1.82, 2.24) is 14.5 Å². The molecular formula is C17H24N4O4Si. The van der Waals surface area contributed by atoms with Crippen LogP contribution in [-0.4, -0.2) is 62.3 Å². The Hall–Kier alpha value is -1.96. The topological polar surface area (TPSA) is 127 Å². The van der Waals surface area contributed by atoms with Crippen molar-refractivity contribution in [3.05, 3.63) is 18.1 Å². The molecule has 9 heteroatoms. The molecule has 2 aromatic heterocycles. The van der Waals surface area contributed by atoms with Gasteiger partial charge in [0.2, 0.25) is 0 Å². The number of nitrogen functional groups attached to an aromatic ring is 1. The van der Waals surface area contributed by atoms with Crippen molar-refractivity contribution >= 4 is 24.9 Å². The average molecular weight is 376 g/mol. The summed E-state index contributed by atoms with van der Waals surface area (Å²) >= 11 is 0. The summed E-state index contributed by atoms with van der Waals surface area (Å²) in [6.45, 7) is 7.44. The van der Waals surface area contributed by atoms with Crippen LogP contribution in [0.2, 0.25) is 19.6 Å². The molecule has 1 aliphatic rings. The van der Waals surface area contributed by atoms with Gasteiger partial charge in [-0.05, 0) is 6.92 Å². The molecule has 0 amide bonds. The number of ether oxygens (including phenoxy) is 1. The summed E-state index contributed by atoms with van der Waals surface area (Å²) < 4.78 is 7.30. The van der Waals surface area contributed by atoms with Crippen LogP contribution in [0.25, 0.3) is 11.0 Å². The zero-order valence-corrected chi connectivity index (χ0v) is 16.3. The van der Waals surface area contributed by atoms with E-state index in [9.17, 15) is 15.3 Å². The molecule has 8 nitrogen and oxygen atoms in total. The lowest BCUT2D eigenvalue weighted by atomic mass is 9.96. The average Bonchev–Trinajstić information content (AvgIpc) is 3.02. The Labute approximate surface area is 152 Å². The molecule has 2 aromatic rings. The van der Waals surface area contributed by atoms with Gasteiger partial charge in [0.25, 0.3) is 0 Å². The Balaban J connectivity index is 2.19. The predicted octanol–water partition coefficient (Wildman–Crippen LogP) is 0.244. The molecule has 0 bridgehead atoms. The van der Waals surface area contributed by atoms with Gasteiger partial charge in [-0.1, -0.05) is 25.6 Å². The zero-order chi connectivity index (χ0) is 19.3. The minimum atomic E-state index is -1.63. The third-order valence-corrected chi connectivity index (χ3v) is 5.27. The van der Waals surface area contributed by atoms with E-state index in [4.69, 9.17) is 10.5 Å². The molecule has 5 N–H and O–H groups in total. The highest BCUT2D eigenvalue weighted by Crippen LogP contribution is 2.40. The lowest BCUT2D eigenvalue weighted by Gasteiger charge is -2.27. The molecular weight excluding hydrogens is 352 g/mol. The summed E-state index contributed by atoms with van der Waals surface area (Å²) in [7, 11) is -1.63. The molecule has 4 atom stereocenters. The highest BCUT2D eigenvalue weighted by atomic mass is 28.3. The van der Waals surface area contributed by atoms with E-state index in [2.05, 4.69) is 41.1 Å². The molecule has 1 fully saturated rings. The van der Waals surface area contributed by atoms with Crippen molar-refractivity contribution in [3.63, 3.8) is 0 Å². The molecule has 4 unspecified atom stereocenters. The van der Waals surface area contributed by atoms with E-state index in [1.54, 1.807) is 10.8 Å². The summed E-state index contributed by atoms with van der Waals surface area (Å²) in [6.07, 6.45) is -0.0650. The molecule has 140 valence electrons. The maximum absolute atomic E-state index is 10.8. The smallest absolute Gasteiger partial charge is 0.167 e. The second-order valence-electron chi connectivity index (χ2n) is 7.79. The standard InChI is InChI=1S/C17H24N4O4Si/c1-17(24)13(23)11(8-22)25-16(17)21-7-10(5-6-26(2,3)4)12-14(18)19-9-20-15(12)21/h7,9,11,13,16,22-24H,8H2,1-4H3,(H2,18,19,20). The third kappa shape index (κ3) is 3.11. The van der Waals surface area contributed by atoms with E-state index in [1.807, 2.05) is 0 Å². The quantitative estimate of drug-likeness (QED) is 0.437. The van der Waals surface area contributed by atoms with Crippen molar-refractivity contribution in [2.45, 2.75) is 50.6 Å². The van der Waals surface area contributed by atoms with Gasteiger partial charge in [0.05, 0.1) is 17.6 Å². The van der Waals surface area contributed by atoms with Crippen molar-refractivity contribution in [2.75, 3.05) is 12.3 Å². The first-order chi connectivity index (χ1) is 12.1. The molecule has 3 rings (SSSR count). The van der Waals surface area contributed by atoms with Gasteiger partial charge in [-0.15, -0.1) is 5.54 Å². The maximum Gasteiger partial charge on any atom is 0.167 e. The van der Waals surface area contributed by atoms with Crippen LogP contribution in [0.15, 0.2) is 12.5 Å². The van der Waals surface area contributed by atoms with Gasteiger partial charge in [-0.2, -0.15) is 0 Å². The third-order valence-electron chi connectivity index (χ3n) is 4.40. The first-order valence-electron chi connectivity index (χ1n) is 8.37. The molecule has 0 aliphatic carbocycles. The lowest BCUT2D eigenvalue weighted by molar-refractivity contribution is -0.0948. The fourth-order valence-corrected chi connectivity index (χ4v) is 3.54. The van der Waals surface area contributed by atoms with Gasteiger partial charge in [0.15, 0.2) is 6.23 Å². The summed E-state index contributed by atoms with van der Waals surface area (Å²) in [5.41, 5.74) is 8.80. The van der Waals surface area contributed by atoms with Gasteiger partial charge >= 0.3 is 0 Å². The SMILES string of the molecule is CC1(O)C(O)C(CO)OC1n1cc(C#C[Si](C)(C)C)c2c(N)ncnc21. The minimum Gasteiger partial charge on any atom is -0.394 e. The van der Waals surface area contributed by atoms with Gasteiger partial charge in [0, 0.05) is 6.20 Å². The number of nitrogens with zero attached hydrogens (tertiary/aromatic N) is 3. The highest BCUT2D eigenvalue weighted by molar-refractivity contribution is 6.83. The summed E-state index contributed by atoms with van der Waals surface area (Å²) in [6, 6.07) is 0. The number of nitrogens with two attached hydrogens (primary N) is 1. The molecule has 1 aliphatic heterocycles. The Morgan fingerprint density at radius 2 is 2.08 bits per heavy atom. The number of rotatable bonds is 2. The van der Waals surface area contributed by atoms with Gasteiger partial charge in [0.1, 0.15) is 43.7 Å². The predicted molar refractivity (Wildman–Crippen MR) is 99.8 cm³/mol. The van der Waals surface area contributed by atoms with E-state index < -0.39 is 38.7 Å². The van der Waals surface area contributed by atoms with E-state index in [-0.39, 0.29) is 5.82 Å². The molecule has 0 spiro atoms. The van der Waals surface area contributed by atoms with Crippen LogP contribution in [0.5, 0.6) is 0 Å². The maximum atomic E-state index is 10.8. The fourth-order valence-electron chi connectivity index (χ4n) is 3.03. The molecule has 0 saturated carbocycles. The first kappa shape index (κ1) is 18.8. The Morgan fingerprint density at radius 3 is 2.65 bits per heavy atom. The van der Waals surface area contributed by atoms with Crippen LogP contribution < -0.4 is 5.73 Å². The zero-order valence-electron chi connectivity index (χ0n) is 15.3. The number of fused-ring (bicyclic) bond motifs is 1. The van der Waals surface area contributed by atoms with Gasteiger partial charge < -0.3 is 30.4 Å². The highest BCUT2D eigenvalue weighted by Gasteiger charge is 2.53. The minimum absolute atomic E-state index is 0.283. The summed E-state index contributed by atoms with van der Waals surface area (Å²) in [4.78, 5) is 8.31. The largest absolute Gasteiger partial charge is 0.394 e. The van der Waals surface area contributed by atoms with Crippen molar-refractivity contribution in [1.29, 1.82) is 0 Å². The normalized spacial score (nSPS) is 29.0.